The predicted octanol–water partition coefficient (Wildman–Crippen LogP) is 2.71. The van der Waals surface area contributed by atoms with Crippen LogP contribution in [0.4, 0.5) is 4.39 Å². The van der Waals surface area contributed by atoms with Crippen LogP contribution in [0.15, 0.2) is 18.2 Å². The third-order valence-electron chi connectivity index (χ3n) is 3.82. The van der Waals surface area contributed by atoms with E-state index in [9.17, 15) is 4.39 Å². The quantitative estimate of drug-likeness (QED) is 0.910. The van der Waals surface area contributed by atoms with Gasteiger partial charge >= 0.3 is 0 Å². The number of benzene rings is 1. The number of likely N-dealkylation sites (N-methyl/N-ethyl adjacent to an activating group) is 1. The van der Waals surface area contributed by atoms with E-state index in [0.29, 0.717) is 18.4 Å². The first-order valence-corrected chi connectivity index (χ1v) is 6.96. The minimum absolute atomic E-state index is 0.227. The summed E-state index contributed by atoms with van der Waals surface area (Å²) in [7, 11) is 2.13. The van der Waals surface area contributed by atoms with Crippen LogP contribution in [0, 0.1) is 5.82 Å². The molecule has 19 heavy (non-hydrogen) atoms. The van der Waals surface area contributed by atoms with Crippen molar-refractivity contribution in [3.8, 4) is 5.75 Å². The lowest BCUT2D eigenvalue weighted by molar-refractivity contribution is 0.124. The van der Waals surface area contributed by atoms with Crippen LogP contribution in [0.3, 0.4) is 0 Å². The van der Waals surface area contributed by atoms with Crippen LogP contribution in [-0.2, 0) is 0 Å². The first-order valence-electron chi connectivity index (χ1n) is 6.96. The highest BCUT2D eigenvalue weighted by Crippen LogP contribution is 2.26. The van der Waals surface area contributed by atoms with E-state index in [0.717, 1.165) is 18.5 Å². The molecule has 0 radical (unpaired) electrons. The molecule has 1 heterocycles. The molecule has 0 amide bonds. The maximum atomic E-state index is 13.2. The molecule has 1 unspecified atom stereocenters. The van der Waals surface area contributed by atoms with Gasteiger partial charge in [0.2, 0.25) is 0 Å². The van der Waals surface area contributed by atoms with Crippen LogP contribution in [-0.4, -0.2) is 31.1 Å². The summed E-state index contributed by atoms with van der Waals surface area (Å²) < 4.78 is 19.1. The lowest BCUT2D eigenvalue weighted by Gasteiger charge is -2.32. The lowest BCUT2D eigenvalue weighted by Crippen LogP contribution is -2.40. The second-order valence-corrected chi connectivity index (χ2v) is 5.41. The van der Waals surface area contributed by atoms with Crippen molar-refractivity contribution in [2.45, 2.75) is 38.3 Å². The van der Waals surface area contributed by atoms with Gasteiger partial charge in [-0.05, 0) is 51.6 Å². The number of nitrogens with two attached hydrogens (primary N) is 1. The van der Waals surface area contributed by atoms with Gasteiger partial charge in [-0.15, -0.1) is 0 Å². The van der Waals surface area contributed by atoms with Gasteiger partial charge in [0.15, 0.2) is 0 Å². The Kier molecular flexibility index (Phi) is 4.77. The van der Waals surface area contributed by atoms with Gasteiger partial charge in [0, 0.05) is 17.6 Å². The third kappa shape index (κ3) is 3.67. The topological polar surface area (TPSA) is 38.5 Å². The van der Waals surface area contributed by atoms with Crippen molar-refractivity contribution in [3.05, 3.63) is 29.6 Å². The Labute approximate surface area is 114 Å². The molecule has 106 valence electrons. The summed E-state index contributed by atoms with van der Waals surface area (Å²) in [6.45, 7) is 3.60. The fourth-order valence-corrected chi connectivity index (χ4v) is 2.55. The number of rotatable bonds is 4. The Balaban J connectivity index is 2.02. The normalized spacial score (nSPS) is 22.2. The minimum atomic E-state index is -0.269. The Morgan fingerprint density at radius 1 is 1.47 bits per heavy atom. The third-order valence-corrected chi connectivity index (χ3v) is 3.82. The zero-order valence-corrected chi connectivity index (χ0v) is 11.7. The monoisotopic (exact) mass is 266 g/mol. The molecule has 1 saturated heterocycles. The number of likely N-dealkylation sites (tertiary alicyclic amines) is 1. The van der Waals surface area contributed by atoms with Crippen LogP contribution in [0.5, 0.6) is 5.75 Å². The summed E-state index contributed by atoms with van der Waals surface area (Å²) >= 11 is 0. The van der Waals surface area contributed by atoms with E-state index in [1.54, 1.807) is 6.07 Å². The Morgan fingerprint density at radius 3 is 2.95 bits per heavy atom. The molecule has 1 fully saturated rings. The highest BCUT2D eigenvalue weighted by Gasteiger charge is 2.20. The molecular formula is C15H23FN2O. The van der Waals surface area contributed by atoms with Gasteiger partial charge < -0.3 is 15.4 Å². The van der Waals surface area contributed by atoms with Crippen molar-refractivity contribution < 1.29 is 9.13 Å². The smallest absolute Gasteiger partial charge is 0.124 e. The van der Waals surface area contributed by atoms with Crippen molar-refractivity contribution >= 4 is 0 Å². The average molecular weight is 266 g/mol. The summed E-state index contributed by atoms with van der Waals surface area (Å²) in [5, 5.41) is 0. The second kappa shape index (κ2) is 6.35. The number of ether oxygens (including phenoxy) is 1. The Morgan fingerprint density at radius 2 is 2.26 bits per heavy atom. The van der Waals surface area contributed by atoms with E-state index >= 15 is 0 Å². The van der Waals surface area contributed by atoms with Gasteiger partial charge in [-0.25, -0.2) is 4.39 Å². The SMILES string of the molecule is C[C@@H](N)c1cc(F)ccc1OCC1CCCCN1C. The predicted molar refractivity (Wildman–Crippen MR) is 74.8 cm³/mol. The highest BCUT2D eigenvalue weighted by atomic mass is 19.1. The van der Waals surface area contributed by atoms with Gasteiger partial charge in [0.1, 0.15) is 18.2 Å². The number of halogens is 1. The summed E-state index contributed by atoms with van der Waals surface area (Å²) in [5.41, 5.74) is 6.60. The summed E-state index contributed by atoms with van der Waals surface area (Å²) in [6, 6.07) is 4.78. The molecule has 2 atom stereocenters. The molecule has 4 heteroatoms. The molecule has 1 aliphatic heterocycles. The standard InChI is InChI=1S/C15H23FN2O/c1-11(17)14-9-12(16)6-7-15(14)19-10-13-5-3-4-8-18(13)2/h6-7,9,11,13H,3-5,8,10,17H2,1-2H3/t11-,13?/m1/s1. The fourth-order valence-electron chi connectivity index (χ4n) is 2.55. The van der Waals surface area contributed by atoms with E-state index in [2.05, 4.69) is 11.9 Å². The van der Waals surface area contributed by atoms with Gasteiger partial charge in [-0.2, -0.15) is 0 Å². The van der Waals surface area contributed by atoms with Crippen LogP contribution in [0.25, 0.3) is 0 Å². The second-order valence-electron chi connectivity index (χ2n) is 5.41. The van der Waals surface area contributed by atoms with E-state index in [1.165, 1.54) is 25.0 Å². The van der Waals surface area contributed by atoms with Crippen molar-refractivity contribution in [2.75, 3.05) is 20.2 Å². The lowest BCUT2D eigenvalue weighted by atomic mass is 10.0. The number of hydrogen-bond acceptors (Lipinski definition) is 3. The van der Waals surface area contributed by atoms with E-state index < -0.39 is 0 Å². The first kappa shape index (κ1) is 14.3. The van der Waals surface area contributed by atoms with Crippen molar-refractivity contribution in [2.24, 2.45) is 5.73 Å². The van der Waals surface area contributed by atoms with Crippen LogP contribution in [0.1, 0.15) is 37.8 Å². The molecule has 2 rings (SSSR count). The molecule has 0 spiro atoms. The Bertz CT molecular complexity index is 423. The molecule has 0 aliphatic carbocycles. The molecule has 0 aromatic heterocycles. The number of nitrogens with zero attached hydrogens (tertiary/aromatic N) is 1. The van der Waals surface area contributed by atoms with Gasteiger partial charge in [-0.3, -0.25) is 0 Å². The van der Waals surface area contributed by atoms with E-state index in [-0.39, 0.29) is 11.9 Å². The zero-order chi connectivity index (χ0) is 13.8. The Hall–Kier alpha value is -1.13. The molecule has 0 bridgehead atoms. The van der Waals surface area contributed by atoms with Gasteiger partial charge in [-0.1, -0.05) is 6.42 Å². The first-order chi connectivity index (χ1) is 9.08. The van der Waals surface area contributed by atoms with Crippen molar-refractivity contribution in [1.29, 1.82) is 0 Å². The summed E-state index contributed by atoms with van der Waals surface area (Å²) in [4.78, 5) is 2.33. The van der Waals surface area contributed by atoms with E-state index in [4.69, 9.17) is 10.5 Å². The van der Waals surface area contributed by atoms with Gasteiger partial charge in [0.05, 0.1) is 0 Å². The minimum Gasteiger partial charge on any atom is -0.492 e. The molecular weight excluding hydrogens is 243 g/mol. The summed E-state index contributed by atoms with van der Waals surface area (Å²) in [5.74, 6) is 0.435. The van der Waals surface area contributed by atoms with Crippen molar-refractivity contribution in [3.63, 3.8) is 0 Å². The molecule has 0 saturated carbocycles. The maximum absolute atomic E-state index is 13.2. The van der Waals surface area contributed by atoms with Gasteiger partial charge in [0.25, 0.3) is 0 Å². The average Bonchev–Trinajstić information content (AvgIpc) is 2.38. The molecule has 1 aromatic carbocycles. The van der Waals surface area contributed by atoms with E-state index in [1.807, 2.05) is 6.92 Å². The number of piperidine rings is 1. The van der Waals surface area contributed by atoms with Crippen LogP contribution in [0.2, 0.25) is 0 Å². The zero-order valence-electron chi connectivity index (χ0n) is 11.7. The highest BCUT2D eigenvalue weighted by molar-refractivity contribution is 5.36. The molecule has 1 aromatic rings. The van der Waals surface area contributed by atoms with Crippen molar-refractivity contribution in [1.82, 2.24) is 4.90 Å². The molecule has 1 aliphatic rings. The summed E-state index contributed by atoms with van der Waals surface area (Å²) in [6.07, 6.45) is 3.67. The van der Waals surface area contributed by atoms with Crippen LogP contribution < -0.4 is 10.5 Å². The fraction of sp³-hybridized carbons (Fsp3) is 0.600. The van der Waals surface area contributed by atoms with Crippen LogP contribution >= 0.6 is 0 Å². The number of hydrogen-bond donors (Lipinski definition) is 1. The maximum Gasteiger partial charge on any atom is 0.124 e. The molecule has 2 N–H and O–H groups in total. The largest absolute Gasteiger partial charge is 0.492 e. The molecule has 3 nitrogen and oxygen atoms in total.